The second-order valence-electron chi connectivity index (χ2n) is 8.57. The van der Waals surface area contributed by atoms with Crippen LogP contribution in [-0.4, -0.2) is 47.3 Å². The molecular weight excluding hydrogens is 468 g/mol. The molecule has 1 aliphatic heterocycles. The fourth-order valence-electron chi connectivity index (χ4n) is 4.22. The summed E-state index contributed by atoms with van der Waals surface area (Å²) in [5.74, 6) is 0.163. The Balaban J connectivity index is 1.92. The first kappa shape index (κ1) is 25.5. The minimum absolute atomic E-state index is 0.0231. The topological polar surface area (TPSA) is 97.5 Å². The van der Waals surface area contributed by atoms with Crippen LogP contribution in [0.4, 0.5) is 0 Å². The number of imide groups is 1. The first-order valence-corrected chi connectivity index (χ1v) is 12.0. The lowest BCUT2D eigenvalue weighted by molar-refractivity contribution is -0.140. The molecular formula is C29H28N4O4. The van der Waals surface area contributed by atoms with Crippen LogP contribution in [0.5, 0.6) is 11.5 Å². The van der Waals surface area contributed by atoms with Crippen molar-refractivity contribution >= 4 is 17.9 Å². The van der Waals surface area contributed by atoms with Crippen LogP contribution in [-0.2, 0) is 9.59 Å². The van der Waals surface area contributed by atoms with Gasteiger partial charge in [-0.3, -0.25) is 14.5 Å². The van der Waals surface area contributed by atoms with Gasteiger partial charge in [-0.15, -0.1) is 0 Å². The van der Waals surface area contributed by atoms with E-state index in [9.17, 15) is 14.9 Å². The summed E-state index contributed by atoms with van der Waals surface area (Å²) in [6.07, 6.45) is 5.01. The Labute approximate surface area is 216 Å². The van der Waals surface area contributed by atoms with Gasteiger partial charge in [-0.2, -0.15) is 10.4 Å². The zero-order chi connectivity index (χ0) is 26.5. The normalized spacial score (nSPS) is 14.8. The second kappa shape index (κ2) is 11.0. The van der Waals surface area contributed by atoms with Crippen LogP contribution < -0.4 is 9.47 Å². The van der Waals surface area contributed by atoms with Crippen LogP contribution in [0.3, 0.4) is 0 Å². The van der Waals surface area contributed by atoms with Gasteiger partial charge in [-0.25, -0.2) is 4.68 Å². The molecule has 0 N–H and O–H groups in total. The largest absolute Gasteiger partial charge is 0.493 e. The van der Waals surface area contributed by atoms with Gasteiger partial charge in [0, 0.05) is 29.4 Å². The number of aromatic nitrogens is 2. The predicted octanol–water partition coefficient (Wildman–Crippen LogP) is 4.95. The van der Waals surface area contributed by atoms with Gasteiger partial charge in [0.1, 0.15) is 17.3 Å². The lowest BCUT2D eigenvalue weighted by Gasteiger charge is -2.27. The molecule has 2 amide bonds. The molecule has 37 heavy (non-hydrogen) atoms. The predicted molar refractivity (Wildman–Crippen MR) is 140 cm³/mol. The molecule has 0 bridgehead atoms. The number of rotatable bonds is 8. The summed E-state index contributed by atoms with van der Waals surface area (Å²) in [5, 5.41) is 14.5. The van der Waals surface area contributed by atoms with E-state index in [1.54, 1.807) is 38.0 Å². The van der Waals surface area contributed by atoms with E-state index in [1.165, 1.54) is 4.90 Å². The highest BCUT2D eigenvalue weighted by molar-refractivity contribution is 6.19. The number of para-hydroxylation sites is 1. The molecule has 8 nitrogen and oxygen atoms in total. The zero-order valence-electron chi connectivity index (χ0n) is 21.3. The van der Waals surface area contributed by atoms with E-state index >= 15 is 0 Å². The minimum Gasteiger partial charge on any atom is -0.493 e. The standard InChI is InChI=1S/C29H28N4O4/c1-5-6-14-32-28(34)23(19(2)24(17-30)29(32)35)15-21-18-33(22-10-8-7-9-11-22)31-27(21)20-12-13-25(36-3)26(16-20)37-4/h7-13,15-16,18H,5-6,14H2,1-4H3/b23-15+. The van der Waals surface area contributed by atoms with E-state index in [2.05, 4.69) is 0 Å². The van der Waals surface area contributed by atoms with Gasteiger partial charge >= 0.3 is 0 Å². The van der Waals surface area contributed by atoms with E-state index in [1.807, 2.05) is 61.7 Å². The molecule has 1 aliphatic rings. The average Bonchev–Trinajstić information content (AvgIpc) is 3.35. The monoisotopic (exact) mass is 496 g/mol. The Morgan fingerprint density at radius 2 is 1.76 bits per heavy atom. The summed E-state index contributed by atoms with van der Waals surface area (Å²) in [5.41, 5.74) is 3.48. The highest BCUT2D eigenvalue weighted by atomic mass is 16.5. The third kappa shape index (κ3) is 4.89. The fraction of sp³-hybridized carbons (Fsp3) is 0.241. The first-order chi connectivity index (χ1) is 17.9. The lowest BCUT2D eigenvalue weighted by Crippen LogP contribution is -2.43. The first-order valence-electron chi connectivity index (χ1n) is 12.0. The van der Waals surface area contributed by atoms with Crippen LogP contribution in [0.15, 0.2) is 71.4 Å². The number of amides is 2. The SMILES string of the molecule is CCCCN1C(=O)C(C#N)=C(C)/C(=C\c2cn(-c3ccccc3)nc2-c2ccc(OC)c(OC)c2)C1=O. The summed E-state index contributed by atoms with van der Waals surface area (Å²) in [4.78, 5) is 27.5. The van der Waals surface area contributed by atoms with Crippen molar-refractivity contribution in [3.63, 3.8) is 0 Å². The van der Waals surface area contributed by atoms with E-state index in [0.29, 0.717) is 40.3 Å². The number of carbonyl (C=O) groups is 2. The van der Waals surface area contributed by atoms with Crippen LogP contribution in [0, 0.1) is 11.3 Å². The maximum Gasteiger partial charge on any atom is 0.271 e. The van der Waals surface area contributed by atoms with E-state index in [0.717, 1.165) is 17.7 Å². The molecule has 0 saturated heterocycles. The molecule has 0 aliphatic carbocycles. The smallest absolute Gasteiger partial charge is 0.271 e. The number of benzene rings is 2. The Morgan fingerprint density at radius 1 is 1.03 bits per heavy atom. The number of methoxy groups -OCH3 is 2. The molecule has 0 spiro atoms. The van der Waals surface area contributed by atoms with Crippen molar-refractivity contribution < 1.29 is 19.1 Å². The van der Waals surface area contributed by atoms with Crippen molar-refractivity contribution in [1.29, 1.82) is 5.26 Å². The molecule has 3 aromatic rings. The number of ether oxygens (including phenoxy) is 2. The fourth-order valence-corrected chi connectivity index (χ4v) is 4.22. The lowest BCUT2D eigenvalue weighted by atomic mass is 9.93. The van der Waals surface area contributed by atoms with E-state index < -0.39 is 11.8 Å². The van der Waals surface area contributed by atoms with Crippen LogP contribution in [0.1, 0.15) is 32.3 Å². The van der Waals surface area contributed by atoms with Crippen molar-refractivity contribution in [1.82, 2.24) is 14.7 Å². The van der Waals surface area contributed by atoms with Gasteiger partial charge < -0.3 is 9.47 Å². The van der Waals surface area contributed by atoms with Crippen LogP contribution in [0.25, 0.3) is 23.0 Å². The van der Waals surface area contributed by atoms with Gasteiger partial charge in [-0.1, -0.05) is 31.5 Å². The van der Waals surface area contributed by atoms with Crippen molar-refractivity contribution in [2.45, 2.75) is 26.7 Å². The summed E-state index contributed by atoms with van der Waals surface area (Å²) in [6.45, 7) is 3.88. The minimum atomic E-state index is -0.546. The van der Waals surface area contributed by atoms with Crippen LogP contribution in [0.2, 0.25) is 0 Å². The van der Waals surface area contributed by atoms with Crippen molar-refractivity contribution in [2.24, 2.45) is 0 Å². The molecule has 4 rings (SSSR count). The number of carbonyl (C=O) groups excluding carboxylic acids is 2. The summed E-state index contributed by atoms with van der Waals surface area (Å²) >= 11 is 0. The summed E-state index contributed by atoms with van der Waals surface area (Å²) in [6, 6.07) is 17.1. The molecule has 2 aromatic carbocycles. The van der Waals surface area contributed by atoms with Gasteiger partial charge in [-0.05, 0) is 55.3 Å². The maximum atomic E-state index is 13.5. The van der Waals surface area contributed by atoms with Crippen LogP contribution >= 0.6 is 0 Å². The molecule has 0 radical (unpaired) electrons. The quantitative estimate of drug-likeness (QED) is 0.323. The van der Waals surface area contributed by atoms with Crippen molar-refractivity contribution in [2.75, 3.05) is 20.8 Å². The van der Waals surface area contributed by atoms with E-state index in [-0.39, 0.29) is 12.1 Å². The maximum absolute atomic E-state index is 13.5. The molecule has 0 fully saturated rings. The van der Waals surface area contributed by atoms with Crippen molar-refractivity contribution in [3.8, 4) is 34.5 Å². The Morgan fingerprint density at radius 3 is 2.41 bits per heavy atom. The average molecular weight is 497 g/mol. The van der Waals surface area contributed by atoms with E-state index in [4.69, 9.17) is 14.6 Å². The molecule has 8 heteroatoms. The molecule has 2 heterocycles. The molecule has 0 atom stereocenters. The van der Waals surface area contributed by atoms with Gasteiger partial charge in [0.25, 0.3) is 11.8 Å². The highest BCUT2D eigenvalue weighted by Crippen LogP contribution is 2.35. The summed E-state index contributed by atoms with van der Waals surface area (Å²) < 4.78 is 12.6. The second-order valence-corrected chi connectivity index (χ2v) is 8.57. The third-order valence-electron chi connectivity index (χ3n) is 6.28. The molecule has 188 valence electrons. The Bertz CT molecular complexity index is 1440. The molecule has 0 unspecified atom stereocenters. The number of hydrogen-bond acceptors (Lipinski definition) is 6. The summed E-state index contributed by atoms with van der Waals surface area (Å²) in [7, 11) is 3.13. The number of unbranched alkanes of at least 4 members (excludes halogenated alkanes) is 1. The van der Waals surface area contributed by atoms with Gasteiger partial charge in [0.05, 0.1) is 19.9 Å². The molecule has 1 aromatic heterocycles. The van der Waals surface area contributed by atoms with Crippen molar-refractivity contribution in [3.05, 3.63) is 77.0 Å². The zero-order valence-corrected chi connectivity index (χ0v) is 21.3. The molecule has 0 saturated carbocycles. The number of hydrogen-bond donors (Lipinski definition) is 0. The number of nitriles is 1. The number of nitrogens with zero attached hydrogens (tertiary/aromatic N) is 4. The Kier molecular flexibility index (Phi) is 7.54. The van der Waals surface area contributed by atoms with Gasteiger partial charge in [0.2, 0.25) is 0 Å². The van der Waals surface area contributed by atoms with Gasteiger partial charge in [0.15, 0.2) is 11.5 Å². The Hall–Kier alpha value is -4.64. The highest BCUT2D eigenvalue weighted by Gasteiger charge is 2.35. The third-order valence-corrected chi connectivity index (χ3v) is 6.28.